The molecule has 1 heterocycles. The van der Waals surface area contributed by atoms with Crippen LogP contribution in [0.2, 0.25) is 0 Å². The standard InChI is InChI=1S/C14H17N3O2/c1-14(19,12-8-16-17(2)9-12)10-15-7-11-5-3-4-6-13(11)18/h3-9,18-19H,10H2,1-2H3. The Morgan fingerprint density at radius 1 is 1.42 bits per heavy atom. The maximum absolute atomic E-state index is 10.3. The summed E-state index contributed by atoms with van der Waals surface area (Å²) in [5.74, 6) is 0.173. The zero-order valence-corrected chi connectivity index (χ0v) is 11.0. The summed E-state index contributed by atoms with van der Waals surface area (Å²) in [6.45, 7) is 1.89. The van der Waals surface area contributed by atoms with Crippen molar-refractivity contribution >= 4 is 6.21 Å². The number of aromatic nitrogens is 2. The fraction of sp³-hybridized carbons (Fsp3) is 0.286. The van der Waals surface area contributed by atoms with E-state index in [0.29, 0.717) is 11.1 Å². The normalized spacial score (nSPS) is 14.7. The number of phenolic OH excluding ortho intramolecular Hbond substituents is 1. The van der Waals surface area contributed by atoms with Gasteiger partial charge in [0.1, 0.15) is 11.4 Å². The summed E-state index contributed by atoms with van der Waals surface area (Å²) in [5, 5.41) is 23.9. The van der Waals surface area contributed by atoms with E-state index in [0.717, 1.165) is 0 Å². The fourth-order valence-corrected chi connectivity index (χ4v) is 1.71. The average Bonchev–Trinajstić information content (AvgIpc) is 2.79. The molecule has 0 aliphatic rings. The number of nitrogens with zero attached hydrogens (tertiary/aromatic N) is 3. The fourth-order valence-electron chi connectivity index (χ4n) is 1.71. The third-order valence-electron chi connectivity index (χ3n) is 2.89. The van der Waals surface area contributed by atoms with Gasteiger partial charge >= 0.3 is 0 Å². The van der Waals surface area contributed by atoms with Crippen LogP contribution in [0, 0.1) is 0 Å². The zero-order valence-electron chi connectivity index (χ0n) is 11.0. The lowest BCUT2D eigenvalue weighted by atomic mass is 10.0. The molecule has 0 saturated heterocycles. The van der Waals surface area contributed by atoms with E-state index in [1.54, 1.807) is 55.5 Å². The number of aliphatic imine (C=N–C) groups is 1. The number of benzene rings is 1. The molecule has 100 valence electrons. The molecule has 0 radical (unpaired) electrons. The predicted octanol–water partition coefficient (Wildman–Crippen LogP) is 1.45. The molecule has 5 heteroatoms. The van der Waals surface area contributed by atoms with Crippen molar-refractivity contribution in [2.24, 2.45) is 12.0 Å². The van der Waals surface area contributed by atoms with Gasteiger partial charge in [-0.3, -0.25) is 9.67 Å². The third kappa shape index (κ3) is 3.20. The smallest absolute Gasteiger partial charge is 0.124 e. The lowest BCUT2D eigenvalue weighted by Gasteiger charge is -2.18. The molecule has 1 aromatic carbocycles. The molecular weight excluding hydrogens is 242 g/mol. The molecular formula is C14H17N3O2. The summed E-state index contributed by atoms with van der Waals surface area (Å²) in [4.78, 5) is 4.19. The molecule has 1 atom stereocenters. The van der Waals surface area contributed by atoms with Crippen LogP contribution < -0.4 is 0 Å². The summed E-state index contributed by atoms with van der Waals surface area (Å²) in [6, 6.07) is 6.93. The molecule has 2 N–H and O–H groups in total. The Balaban J connectivity index is 2.08. The monoisotopic (exact) mass is 259 g/mol. The van der Waals surface area contributed by atoms with E-state index in [1.165, 1.54) is 0 Å². The molecule has 0 bridgehead atoms. The highest BCUT2D eigenvalue weighted by Gasteiger charge is 2.23. The molecule has 1 unspecified atom stereocenters. The van der Waals surface area contributed by atoms with Crippen LogP contribution in [-0.2, 0) is 12.6 Å². The van der Waals surface area contributed by atoms with Crippen molar-refractivity contribution in [1.82, 2.24) is 9.78 Å². The first-order valence-electron chi connectivity index (χ1n) is 5.98. The first kappa shape index (κ1) is 13.3. The highest BCUT2D eigenvalue weighted by atomic mass is 16.3. The first-order chi connectivity index (χ1) is 8.99. The summed E-state index contributed by atoms with van der Waals surface area (Å²) in [6.07, 6.45) is 4.94. The Labute approximate surface area is 111 Å². The van der Waals surface area contributed by atoms with Crippen molar-refractivity contribution in [2.75, 3.05) is 6.54 Å². The highest BCUT2D eigenvalue weighted by Crippen LogP contribution is 2.20. The SMILES string of the molecule is Cn1cc(C(C)(O)CN=Cc2ccccc2O)cn1. The van der Waals surface area contributed by atoms with Crippen molar-refractivity contribution in [3.63, 3.8) is 0 Å². The second kappa shape index (κ2) is 5.24. The van der Waals surface area contributed by atoms with Crippen LogP contribution in [-0.4, -0.2) is 32.8 Å². The summed E-state index contributed by atoms with van der Waals surface area (Å²) in [7, 11) is 1.80. The molecule has 0 spiro atoms. The van der Waals surface area contributed by atoms with Gasteiger partial charge in [-0.15, -0.1) is 0 Å². The van der Waals surface area contributed by atoms with E-state index < -0.39 is 5.60 Å². The van der Waals surface area contributed by atoms with Gasteiger partial charge in [0.15, 0.2) is 0 Å². The topological polar surface area (TPSA) is 70.6 Å². The number of aryl methyl sites for hydroxylation is 1. The van der Waals surface area contributed by atoms with Gasteiger partial charge < -0.3 is 10.2 Å². The number of hydrogen-bond donors (Lipinski definition) is 2. The van der Waals surface area contributed by atoms with E-state index in [2.05, 4.69) is 10.1 Å². The molecule has 2 rings (SSSR count). The van der Waals surface area contributed by atoms with Crippen molar-refractivity contribution in [2.45, 2.75) is 12.5 Å². The molecule has 5 nitrogen and oxygen atoms in total. The number of rotatable bonds is 4. The number of hydrogen-bond acceptors (Lipinski definition) is 4. The Morgan fingerprint density at radius 2 is 2.16 bits per heavy atom. The predicted molar refractivity (Wildman–Crippen MR) is 73.3 cm³/mol. The largest absolute Gasteiger partial charge is 0.507 e. The van der Waals surface area contributed by atoms with Crippen LogP contribution in [0.15, 0.2) is 41.7 Å². The summed E-state index contributed by atoms with van der Waals surface area (Å²) < 4.78 is 1.64. The molecule has 1 aromatic heterocycles. The van der Waals surface area contributed by atoms with Crippen LogP contribution in [0.5, 0.6) is 5.75 Å². The van der Waals surface area contributed by atoms with Crippen molar-refractivity contribution in [3.05, 3.63) is 47.8 Å². The van der Waals surface area contributed by atoms with E-state index in [9.17, 15) is 10.2 Å². The van der Waals surface area contributed by atoms with Gasteiger partial charge in [0.2, 0.25) is 0 Å². The zero-order chi connectivity index (χ0) is 13.9. The average molecular weight is 259 g/mol. The summed E-state index contributed by atoms with van der Waals surface area (Å²) >= 11 is 0. The van der Waals surface area contributed by atoms with Crippen LogP contribution >= 0.6 is 0 Å². The van der Waals surface area contributed by atoms with Crippen LogP contribution in [0.25, 0.3) is 0 Å². The second-order valence-electron chi connectivity index (χ2n) is 4.71. The Morgan fingerprint density at radius 3 is 2.79 bits per heavy atom. The van der Waals surface area contributed by atoms with Crippen molar-refractivity contribution in [1.29, 1.82) is 0 Å². The molecule has 0 amide bonds. The van der Waals surface area contributed by atoms with Gasteiger partial charge in [-0.2, -0.15) is 5.10 Å². The highest BCUT2D eigenvalue weighted by molar-refractivity contribution is 5.83. The number of aromatic hydroxyl groups is 1. The van der Waals surface area contributed by atoms with Gasteiger partial charge in [-0.05, 0) is 19.1 Å². The molecule has 0 saturated carbocycles. The minimum Gasteiger partial charge on any atom is -0.507 e. The van der Waals surface area contributed by atoms with Gasteiger partial charge in [0.05, 0.1) is 12.7 Å². The molecule has 2 aromatic rings. The van der Waals surface area contributed by atoms with Crippen molar-refractivity contribution < 1.29 is 10.2 Å². The van der Waals surface area contributed by atoms with E-state index in [1.807, 2.05) is 6.07 Å². The van der Waals surface area contributed by atoms with E-state index >= 15 is 0 Å². The number of para-hydroxylation sites is 1. The van der Waals surface area contributed by atoms with E-state index in [-0.39, 0.29) is 12.3 Å². The van der Waals surface area contributed by atoms with Crippen LogP contribution in [0.3, 0.4) is 0 Å². The number of aliphatic hydroxyl groups is 1. The minimum absolute atomic E-state index is 0.173. The Kier molecular flexibility index (Phi) is 3.66. The molecule has 19 heavy (non-hydrogen) atoms. The van der Waals surface area contributed by atoms with E-state index in [4.69, 9.17) is 0 Å². The van der Waals surface area contributed by atoms with Crippen molar-refractivity contribution in [3.8, 4) is 5.75 Å². The van der Waals surface area contributed by atoms with Crippen LogP contribution in [0.4, 0.5) is 0 Å². The second-order valence-corrected chi connectivity index (χ2v) is 4.71. The van der Waals surface area contributed by atoms with Crippen LogP contribution in [0.1, 0.15) is 18.1 Å². The minimum atomic E-state index is -1.07. The van der Waals surface area contributed by atoms with Gasteiger partial charge in [0.25, 0.3) is 0 Å². The quantitative estimate of drug-likeness (QED) is 0.816. The first-order valence-corrected chi connectivity index (χ1v) is 5.98. The Bertz CT molecular complexity index is 588. The Hall–Kier alpha value is -2.14. The van der Waals surface area contributed by atoms with Gasteiger partial charge in [-0.1, -0.05) is 12.1 Å². The maximum Gasteiger partial charge on any atom is 0.124 e. The maximum atomic E-state index is 10.3. The molecule has 0 fully saturated rings. The molecule has 0 aliphatic carbocycles. The molecule has 0 aliphatic heterocycles. The number of phenols is 1. The lowest BCUT2D eigenvalue weighted by molar-refractivity contribution is 0.0675. The third-order valence-corrected chi connectivity index (χ3v) is 2.89. The van der Waals surface area contributed by atoms with Gasteiger partial charge in [0, 0.05) is 30.6 Å². The van der Waals surface area contributed by atoms with Gasteiger partial charge in [-0.25, -0.2) is 0 Å². The summed E-state index contributed by atoms with van der Waals surface area (Å²) in [5.41, 5.74) is 0.267. The lowest BCUT2D eigenvalue weighted by Crippen LogP contribution is -2.24.